The molecule has 0 fully saturated rings. The lowest BCUT2D eigenvalue weighted by atomic mass is 9.92. The lowest BCUT2D eigenvalue weighted by Crippen LogP contribution is -2.31. The van der Waals surface area contributed by atoms with E-state index in [9.17, 15) is 0 Å². The van der Waals surface area contributed by atoms with Crippen LogP contribution < -0.4 is 4.57 Å². The van der Waals surface area contributed by atoms with Crippen molar-refractivity contribution in [3.05, 3.63) is 77.5 Å². The average molecular weight is 397 g/mol. The summed E-state index contributed by atoms with van der Waals surface area (Å²) in [5.41, 5.74) is 8.72. The van der Waals surface area contributed by atoms with Crippen LogP contribution in [0.5, 0.6) is 0 Å². The number of benzene rings is 2. The predicted molar refractivity (Wildman–Crippen MR) is 124 cm³/mol. The molecule has 0 radical (unpaired) electrons. The summed E-state index contributed by atoms with van der Waals surface area (Å²) in [6, 6.07) is 13.3. The molecular formula is C27H30N3+. The third-order valence-electron chi connectivity index (χ3n) is 5.85. The van der Waals surface area contributed by atoms with Gasteiger partial charge in [0.25, 0.3) is 0 Å². The molecule has 4 rings (SSSR count). The molecule has 0 aliphatic carbocycles. The molecule has 0 atom stereocenters. The third-order valence-corrected chi connectivity index (χ3v) is 5.85. The van der Waals surface area contributed by atoms with Gasteiger partial charge in [-0.05, 0) is 55.5 Å². The van der Waals surface area contributed by atoms with Gasteiger partial charge in [-0.1, -0.05) is 37.6 Å². The molecule has 2 aromatic heterocycles. The third kappa shape index (κ3) is 3.72. The Morgan fingerprint density at radius 1 is 0.900 bits per heavy atom. The molecule has 0 spiro atoms. The molecule has 0 amide bonds. The lowest BCUT2D eigenvalue weighted by Gasteiger charge is -2.13. The maximum Gasteiger partial charge on any atom is 0.220 e. The van der Waals surface area contributed by atoms with Crippen molar-refractivity contribution in [3.8, 4) is 22.4 Å². The Morgan fingerprint density at radius 2 is 1.63 bits per heavy atom. The first-order chi connectivity index (χ1) is 14.3. The smallest absolute Gasteiger partial charge is 0.220 e. The first kappa shape index (κ1) is 20.2. The van der Waals surface area contributed by atoms with Crippen LogP contribution in [-0.2, 0) is 13.5 Å². The zero-order chi connectivity index (χ0) is 21.4. The Kier molecular flexibility index (Phi) is 5.38. The Balaban J connectivity index is 1.91. The minimum absolute atomic E-state index is 0.553. The molecule has 0 aliphatic heterocycles. The van der Waals surface area contributed by atoms with E-state index in [1.54, 1.807) is 0 Å². The van der Waals surface area contributed by atoms with E-state index in [0.29, 0.717) is 5.92 Å². The van der Waals surface area contributed by atoms with Crippen molar-refractivity contribution in [1.29, 1.82) is 0 Å². The maximum absolute atomic E-state index is 4.62. The number of hydrogen-bond acceptors (Lipinski definition) is 2. The van der Waals surface area contributed by atoms with Gasteiger partial charge in [0, 0.05) is 35.8 Å². The highest BCUT2D eigenvalue weighted by molar-refractivity contribution is 6.02. The molecule has 2 aromatic carbocycles. The van der Waals surface area contributed by atoms with Crippen LogP contribution in [0, 0.1) is 26.7 Å². The highest BCUT2D eigenvalue weighted by Crippen LogP contribution is 2.34. The number of aromatic nitrogens is 3. The van der Waals surface area contributed by atoms with E-state index in [0.717, 1.165) is 17.8 Å². The van der Waals surface area contributed by atoms with Crippen molar-refractivity contribution < 1.29 is 4.57 Å². The minimum Gasteiger partial charge on any atom is -0.241 e. The molecule has 0 unspecified atom stereocenters. The fourth-order valence-corrected chi connectivity index (χ4v) is 4.24. The molecule has 4 aromatic rings. The van der Waals surface area contributed by atoms with Gasteiger partial charge in [0.05, 0.1) is 10.9 Å². The molecule has 0 saturated heterocycles. The van der Waals surface area contributed by atoms with E-state index >= 15 is 0 Å². The van der Waals surface area contributed by atoms with Gasteiger partial charge in [-0.15, -0.1) is 0 Å². The Bertz CT molecular complexity index is 1220. The molecule has 3 nitrogen and oxygen atoms in total. The quantitative estimate of drug-likeness (QED) is 0.401. The number of rotatable bonds is 4. The van der Waals surface area contributed by atoms with E-state index in [-0.39, 0.29) is 0 Å². The summed E-state index contributed by atoms with van der Waals surface area (Å²) in [7, 11) is 2.13. The standard InChI is InChI=1S/C27H30N3/c1-17(2)12-26-28-15-21(16-29-26)22-8-7-9-24-23(22)10-11-30(6)27(24)25-14-18(3)13-19(4)20(25)5/h7-11,13-17H,12H2,1-6H3/q+1. The van der Waals surface area contributed by atoms with E-state index in [4.69, 9.17) is 0 Å². The highest BCUT2D eigenvalue weighted by atomic mass is 14.9. The Morgan fingerprint density at radius 3 is 2.33 bits per heavy atom. The van der Waals surface area contributed by atoms with Crippen molar-refractivity contribution >= 4 is 10.8 Å². The summed E-state index contributed by atoms with van der Waals surface area (Å²) in [5, 5.41) is 2.47. The fraction of sp³-hybridized carbons (Fsp3) is 0.296. The van der Waals surface area contributed by atoms with E-state index in [1.165, 1.54) is 44.3 Å². The fourth-order valence-electron chi connectivity index (χ4n) is 4.24. The van der Waals surface area contributed by atoms with E-state index in [2.05, 4.69) is 98.8 Å². The maximum atomic E-state index is 4.62. The monoisotopic (exact) mass is 396 g/mol. The second-order valence-electron chi connectivity index (χ2n) is 8.78. The van der Waals surface area contributed by atoms with Gasteiger partial charge in [0.1, 0.15) is 12.9 Å². The summed E-state index contributed by atoms with van der Waals surface area (Å²) in [6.07, 6.45) is 7.00. The molecule has 152 valence electrons. The van der Waals surface area contributed by atoms with E-state index < -0.39 is 0 Å². The lowest BCUT2D eigenvalue weighted by molar-refractivity contribution is -0.659. The predicted octanol–water partition coefficient (Wildman–Crippen LogP) is 5.91. The van der Waals surface area contributed by atoms with Gasteiger partial charge < -0.3 is 0 Å². The summed E-state index contributed by atoms with van der Waals surface area (Å²) in [4.78, 5) is 9.24. The van der Waals surface area contributed by atoms with Crippen LogP contribution in [0.4, 0.5) is 0 Å². The largest absolute Gasteiger partial charge is 0.241 e. The zero-order valence-corrected chi connectivity index (χ0v) is 18.8. The van der Waals surface area contributed by atoms with Gasteiger partial charge >= 0.3 is 0 Å². The number of fused-ring (bicyclic) bond motifs is 1. The molecule has 0 aliphatic rings. The van der Waals surface area contributed by atoms with Crippen molar-refractivity contribution in [1.82, 2.24) is 9.97 Å². The molecule has 30 heavy (non-hydrogen) atoms. The molecule has 2 heterocycles. The molecule has 0 N–H and O–H groups in total. The topological polar surface area (TPSA) is 29.7 Å². The summed E-state index contributed by atoms with van der Waals surface area (Å²) in [5.74, 6) is 1.46. The van der Waals surface area contributed by atoms with Crippen LogP contribution in [0.25, 0.3) is 33.2 Å². The molecule has 0 bridgehead atoms. The van der Waals surface area contributed by atoms with Gasteiger partial charge in [-0.3, -0.25) is 0 Å². The number of nitrogens with zero attached hydrogens (tertiary/aromatic N) is 3. The SMILES string of the molecule is Cc1cc(C)c(C)c(-c2c3cccc(-c4cnc(CC(C)C)nc4)c3cc[n+]2C)c1. The molecule has 0 saturated carbocycles. The Hall–Kier alpha value is -3.07. The molecular weight excluding hydrogens is 366 g/mol. The van der Waals surface area contributed by atoms with E-state index in [1.807, 2.05) is 12.4 Å². The Labute approximate surface area is 179 Å². The van der Waals surface area contributed by atoms with Crippen LogP contribution >= 0.6 is 0 Å². The number of pyridine rings is 1. The van der Waals surface area contributed by atoms with Crippen molar-refractivity contribution in [3.63, 3.8) is 0 Å². The first-order valence-electron chi connectivity index (χ1n) is 10.7. The van der Waals surface area contributed by atoms with Gasteiger partial charge in [0.2, 0.25) is 5.69 Å². The van der Waals surface area contributed by atoms with Crippen LogP contribution in [-0.4, -0.2) is 9.97 Å². The number of aryl methyl sites for hydroxylation is 3. The first-order valence-corrected chi connectivity index (χ1v) is 10.7. The zero-order valence-electron chi connectivity index (χ0n) is 18.8. The van der Waals surface area contributed by atoms with Crippen LogP contribution in [0.15, 0.2) is 55.0 Å². The van der Waals surface area contributed by atoms with Gasteiger partial charge in [-0.25, -0.2) is 14.5 Å². The summed E-state index contributed by atoms with van der Waals surface area (Å²) >= 11 is 0. The highest BCUT2D eigenvalue weighted by Gasteiger charge is 2.20. The summed E-state index contributed by atoms with van der Waals surface area (Å²) in [6.45, 7) is 11.0. The van der Waals surface area contributed by atoms with Crippen molar-refractivity contribution in [2.45, 2.75) is 41.0 Å². The number of hydrogen-bond donors (Lipinski definition) is 0. The van der Waals surface area contributed by atoms with Gasteiger partial charge in [-0.2, -0.15) is 0 Å². The van der Waals surface area contributed by atoms with Crippen LogP contribution in [0.2, 0.25) is 0 Å². The van der Waals surface area contributed by atoms with Gasteiger partial charge in [0.15, 0.2) is 6.20 Å². The second-order valence-corrected chi connectivity index (χ2v) is 8.78. The average Bonchev–Trinajstić information content (AvgIpc) is 2.70. The minimum atomic E-state index is 0.553. The van der Waals surface area contributed by atoms with Crippen LogP contribution in [0.1, 0.15) is 36.4 Å². The van der Waals surface area contributed by atoms with Crippen molar-refractivity contribution in [2.24, 2.45) is 13.0 Å². The summed E-state index contributed by atoms with van der Waals surface area (Å²) < 4.78 is 2.23. The van der Waals surface area contributed by atoms with Crippen molar-refractivity contribution in [2.75, 3.05) is 0 Å². The van der Waals surface area contributed by atoms with Crippen LogP contribution in [0.3, 0.4) is 0 Å². The molecule has 3 heteroatoms. The normalized spacial score (nSPS) is 11.4. The second kappa shape index (κ2) is 7.98.